The highest BCUT2D eigenvalue weighted by Gasteiger charge is 2.25. The first-order chi connectivity index (χ1) is 11.9. The van der Waals surface area contributed by atoms with Crippen LogP contribution in [0.15, 0.2) is 12.1 Å². The molecule has 0 radical (unpaired) electrons. The first-order valence-corrected chi connectivity index (χ1v) is 8.33. The van der Waals surface area contributed by atoms with Crippen molar-refractivity contribution in [3.8, 4) is 11.5 Å². The number of nitrogens with zero attached hydrogens (tertiary/aromatic N) is 1. The second-order valence-electron chi connectivity index (χ2n) is 5.55. The molecule has 0 amide bonds. The number of unbranched alkanes of at least 4 members (excludes halogenated alkanes) is 1. The molecule has 0 aliphatic carbocycles. The van der Waals surface area contributed by atoms with Gasteiger partial charge in [0.1, 0.15) is 6.10 Å². The third-order valence-corrected chi connectivity index (χ3v) is 3.60. The van der Waals surface area contributed by atoms with E-state index in [1.807, 2.05) is 6.92 Å². The molecule has 0 spiro atoms. The Kier molecular flexibility index (Phi) is 8.69. The van der Waals surface area contributed by atoms with E-state index in [1.165, 1.54) is 19.2 Å². The van der Waals surface area contributed by atoms with Crippen molar-refractivity contribution in [2.24, 2.45) is 5.73 Å². The van der Waals surface area contributed by atoms with Crippen LogP contribution >= 0.6 is 0 Å². The first kappa shape index (κ1) is 20.7. The standard InChI is InChI=1S/C17H26N2O6/c1-4-5-9-24-16-11-14(19(21)22)13(10-15(16)23-3)12(2)25-17(20)7-6-8-18/h10-12H,4-9,18H2,1-3H3. The van der Waals surface area contributed by atoms with E-state index in [4.69, 9.17) is 19.9 Å². The number of carbonyl (C=O) groups is 1. The van der Waals surface area contributed by atoms with E-state index >= 15 is 0 Å². The van der Waals surface area contributed by atoms with Crippen molar-refractivity contribution in [1.82, 2.24) is 0 Å². The molecule has 0 aliphatic heterocycles. The number of hydrogen-bond acceptors (Lipinski definition) is 7. The number of rotatable bonds is 11. The number of hydrogen-bond donors (Lipinski definition) is 1. The predicted molar refractivity (Wildman–Crippen MR) is 92.8 cm³/mol. The number of nitrogens with two attached hydrogens (primary N) is 1. The van der Waals surface area contributed by atoms with Gasteiger partial charge in [0.25, 0.3) is 5.69 Å². The number of carbonyl (C=O) groups excluding carboxylic acids is 1. The smallest absolute Gasteiger partial charge is 0.306 e. The molecule has 8 nitrogen and oxygen atoms in total. The van der Waals surface area contributed by atoms with E-state index in [2.05, 4.69) is 0 Å². The maximum atomic E-state index is 11.8. The van der Waals surface area contributed by atoms with E-state index in [1.54, 1.807) is 6.92 Å². The predicted octanol–water partition coefficient (Wildman–Crippen LogP) is 3.13. The lowest BCUT2D eigenvalue weighted by atomic mass is 10.1. The number of ether oxygens (including phenoxy) is 3. The lowest BCUT2D eigenvalue weighted by molar-refractivity contribution is -0.386. The summed E-state index contributed by atoms with van der Waals surface area (Å²) in [7, 11) is 1.45. The SMILES string of the molecule is CCCCOc1cc([N+](=O)[O-])c(C(C)OC(=O)CCCN)cc1OC. The fourth-order valence-corrected chi connectivity index (χ4v) is 2.21. The van der Waals surface area contributed by atoms with Crippen LogP contribution in [0, 0.1) is 10.1 Å². The van der Waals surface area contributed by atoms with Gasteiger partial charge in [-0.1, -0.05) is 13.3 Å². The molecule has 0 heterocycles. The van der Waals surface area contributed by atoms with Gasteiger partial charge in [0.05, 0.1) is 30.3 Å². The Morgan fingerprint density at radius 3 is 2.60 bits per heavy atom. The van der Waals surface area contributed by atoms with Crippen molar-refractivity contribution < 1.29 is 23.9 Å². The molecule has 0 aromatic heterocycles. The summed E-state index contributed by atoms with van der Waals surface area (Å²) in [5.74, 6) is 0.212. The van der Waals surface area contributed by atoms with Gasteiger partial charge in [-0.15, -0.1) is 0 Å². The van der Waals surface area contributed by atoms with E-state index in [9.17, 15) is 14.9 Å². The van der Waals surface area contributed by atoms with Crippen LogP contribution in [-0.2, 0) is 9.53 Å². The van der Waals surface area contributed by atoms with Gasteiger partial charge in [-0.05, 0) is 32.4 Å². The third-order valence-electron chi connectivity index (χ3n) is 3.60. The molecule has 140 valence electrons. The van der Waals surface area contributed by atoms with Gasteiger partial charge < -0.3 is 19.9 Å². The highest BCUT2D eigenvalue weighted by molar-refractivity contribution is 5.70. The number of esters is 1. The Morgan fingerprint density at radius 1 is 1.32 bits per heavy atom. The molecule has 2 N–H and O–H groups in total. The molecule has 1 rings (SSSR count). The second-order valence-corrected chi connectivity index (χ2v) is 5.55. The molecule has 0 bridgehead atoms. The minimum Gasteiger partial charge on any atom is -0.493 e. The lowest BCUT2D eigenvalue weighted by Gasteiger charge is -2.17. The van der Waals surface area contributed by atoms with Crippen molar-refractivity contribution >= 4 is 11.7 Å². The van der Waals surface area contributed by atoms with Crippen LogP contribution in [0.5, 0.6) is 11.5 Å². The van der Waals surface area contributed by atoms with Gasteiger partial charge in [-0.3, -0.25) is 14.9 Å². The van der Waals surface area contributed by atoms with Gasteiger partial charge in [-0.2, -0.15) is 0 Å². The highest BCUT2D eigenvalue weighted by Crippen LogP contribution is 2.38. The van der Waals surface area contributed by atoms with Gasteiger partial charge in [0, 0.05) is 6.42 Å². The minimum atomic E-state index is -0.788. The molecule has 1 aromatic rings. The zero-order valence-electron chi connectivity index (χ0n) is 14.9. The fraction of sp³-hybridized carbons (Fsp3) is 0.588. The Balaban J connectivity index is 3.07. The minimum absolute atomic E-state index is 0.171. The van der Waals surface area contributed by atoms with Gasteiger partial charge in [-0.25, -0.2) is 0 Å². The first-order valence-electron chi connectivity index (χ1n) is 8.33. The van der Waals surface area contributed by atoms with Crippen LogP contribution in [0.1, 0.15) is 51.2 Å². The number of methoxy groups -OCH3 is 1. The molecular formula is C17H26N2O6. The van der Waals surface area contributed by atoms with Gasteiger partial charge in [0.15, 0.2) is 11.5 Å². The number of benzene rings is 1. The second kappa shape index (κ2) is 10.5. The van der Waals surface area contributed by atoms with Crippen LogP contribution in [0.2, 0.25) is 0 Å². The van der Waals surface area contributed by atoms with Crippen LogP contribution in [-0.4, -0.2) is 31.2 Å². The Labute approximate surface area is 147 Å². The van der Waals surface area contributed by atoms with Crippen LogP contribution in [0.25, 0.3) is 0 Å². The summed E-state index contributed by atoms with van der Waals surface area (Å²) in [4.78, 5) is 22.7. The Bertz CT molecular complexity index is 591. The molecule has 1 aromatic carbocycles. The summed E-state index contributed by atoms with van der Waals surface area (Å²) in [5.41, 5.74) is 5.44. The van der Waals surface area contributed by atoms with E-state index in [-0.39, 0.29) is 17.7 Å². The summed E-state index contributed by atoms with van der Waals surface area (Å²) >= 11 is 0. The zero-order valence-corrected chi connectivity index (χ0v) is 14.9. The number of nitro groups is 1. The largest absolute Gasteiger partial charge is 0.493 e. The third kappa shape index (κ3) is 6.22. The molecule has 25 heavy (non-hydrogen) atoms. The average molecular weight is 354 g/mol. The van der Waals surface area contributed by atoms with Crippen LogP contribution < -0.4 is 15.2 Å². The summed E-state index contributed by atoms with van der Waals surface area (Å²) < 4.78 is 16.1. The molecule has 1 unspecified atom stereocenters. The molecule has 1 atom stereocenters. The van der Waals surface area contributed by atoms with Crippen molar-refractivity contribution in [3.05, 3.63) is 27.8 Å². The van der Waals surface area contributed by atoms with E-state index in [0.717, 1.165) is 12.8 Å². The summed E-state index contributed by atoms with van der Waals surface area (Å²) in [5, 5.41) is 11.4. The Morgan fingerprint density at radius 2 is 2.04 bits per heavy atom. The molecule has 8 heteroatoms. The highest BCUT2D eigenvalue weighted by atomic mass is 16.6. The summed E-state index contributed by atoms with van der Waals surface area (Å²) in [6, 6.07) is 2.80. The molecular weight excluding hydrogens is 328 g/mol. The van der Waals surface area contributed by atoms with Gasteiger partial charge in [0.2, 0.25) is 0 Å². The van der Waals surface area contributed by atoms with Crippen LogP contribution in [0.3, 0.4) is 0 Å². The monoisotopic (exact) mass is 354 g/mol. The maximum Gasteiger partial charge on any atom is 0.306 e. The average Bonchev–Trinajstić information content (AvgIpc) is 2.59. The van der Waals surface area contributed by atoms with Crippen molar-refractivity contribution in [1.29, 1.82) is 0 Å². The normalized spacial score (nSPS) is 11.7. The van der Waals surface area contributed by atoms with Crippen molar-refractivity contribution in [3.63, 3.8) is 0 Å². The van der Waals surface area contributed by atoms with Crippen molar-refractivity contribution in [2.75, 3.05) is 20.3 Å². The van der Waals surface area contributed by atoms with E-state index in [0.29, 0.717) is 31.1 Å². The zero-order chi connectivity index (χ0) is 18.8. The molecule has 0 saturated carbocycles. The summed E-state index contributed by atoms with van der Waals surface area (Å²) in [6.07, 6.45) is 1.65. The quantitative estimate of drug-likeness (QED) is 0.281. The maximum absolute atomic E-state index is 11.8. The lowest BCUT2D eigenvalue weighted by Crippen LogP contribution is -2.12. The van der Waals surface area contributed by atoms with E-state index < -0.39 is 17.0 Å². The van der Waals surface area contributed by atoms with Crippen molar-refractivity contribution in [2.45, 2.75) is 45.6 Å². The molecule has 0 fully saturated rings. The topological polar surface area (TPSA) is 114 Å². The molecule has 0 saturated heterocycles. The van der Waals surface area contributed by atoms with Gasteiger partial charge >= 0.3 is 5.97 Å². The summed E-state index contributed by atoms with van der Waals surface area (Å²) in [6.45, 7) is 4.42. The van der Waals surface area contributed by atoms with Crippen LogP contribution in [0.4, 0.5) is 5.69 Å². The number of nitro benzene ring substituents is 1. The fourth-order valence-electron chi connectivity index (χ4n) is 2.21. The molecule has 0 aliphatic rings. The Hall–Kier alpha value is -2.35.